The minimum atomic E-state index is -0.733. The Morgan fingerprint density at radius 2 is 1.53 bits per heavy atom. The number of rotatable bonds is 13. The Morgan fingerprint density at radius 3 is 2.00 bits per heavy atom. The molecule has 2 aromatic heterocycles. The number of aryl methyl sites for hydroxylation is 1. The van der Waals surface area contributed by atoms with Crippen molar-refractivity contribution in [3.63, 3.8) is 0 Å². The van der Waals surface area contributed by atoms with E-state index in [0.29, 0.717) is 18.6 Å². The molecule has 2 heterocycles. The van der Waals surface area contributed by atoms with Crippen LogP contribution < -0.4 is 22.8 Å². The third-order valence-corrected chi connectivity index (χ3v) is 6.25. The first-order chi connectivity index (χ1) is 16.1. The average Bonchev–Trinajstić information content (AvgIpc) is 3.23. The van der Waals surface area contributed by atoms with E-state index in [1.807, 2.05) is 27.7 Å². The summed E-state index contributed by atoms with van der Waals surface area (Å²) in [5.41, 5.74) is 17.7. The second kappa shape index (κ2) is 15.6. The lowest BCUT2D eigenvalue weighted by atomic mass is 10.00. The summed E-state index contributed by atoms with van der Waals surface area (Å²) >= 11 is 0. The predicted octanol–water partition coefficient (Wildman–Crippen LogP) is 1.38. The van der Waals surface area contributed by atoms with Crippen molar-refractivity contribution in [2.24, 2.45) is 29.2 Å². The van der Waals surface area contributed by atoms with Crippen molar-refractivity contribution in [1.29, 1.82) is 0 Å². The Kier molecular flexibility index (Phi) is 14.6. The number of nitrogen functional groups attached to an aromatic ring is 1. The van der Waals surface area contributed by atoms with Crippen molar-refractivity contribution in [2.75, 3.05) is 18.9 Å². The predicted molar refractivity (Wildman–Crippen MR) is 142 cm³/mol. The largest absolute Gasteiger partial charge is 0.464 e. The number of carbonyl (C=O) groups excluding carboxylic acids is 2. The second-order valence-corrected chi connectivity index (χ2v) is 8.80. The highest BCUT2D eigenvalue weighted by Crippen LogP contribution is 2.15. The summed E-state index contributed by atoms with van der Waals surface area (Å²) in [6, 6.07) is -1.47. The number of H-pyrrole nitrogens is 1. The van der Waals surface area contributed by atoms with Crippen LogP contribution in [0.1, 0.15) is 47.0 Å². The molecule has 0 radical (unpaired) electrons. The number of anilines is 1. The number of hydrogen-bond donors (Lipinski definition) is 4. The van der Waals surface area contributed by atoms with Crippen molar-refractivity contribution in [3.8, 4) is 0 Å². The lowest BCUT2D eigenvalue weighted by molar-refractivity contribution is -0.152. The fourth-order valence-electron chi connectivity index (χ4n) is 3.24. The smallest absolute Gasteiger partial charge is 0.323 e. The van der Waals surface area contributed by atoms with Crippen LogP contribution in [0.15, 0.2) is 11.1 Å². The zero-order valence-corrected chi connectivity index (χ0v) is 22.8. The summed E-state index contributed by atoms with van der Waals surface area (Å²) in [6.45, 7) is 8.05. The van der Waals surface area contributed by atoms with Crippen LogP contribution >= 0.6 is 24.8 Å². The van der Waals surface area contributed by atoms with E-state index in [9.17, 15) is 14.4 Å². The number of nitrogens with zero attached hydrogens (tertiary/aromatic N) is 3. The Balaban J connectivity index is 0.00000612. The van der Waals surface area contributed by atoms with Crippen LogP contribution in [0.4, 0.5) is 5.95 Å². The molecular formula is C22H39Cl2N7O5. The molecule has 0 aliphatic rings. The number of hydrogen-bond acceptors (Lipinski definition) is 10. The SMILES string of the molecule is CCC(C)[C@H](N)C(=O)OCC(CCn1cnc2c(=O)[nH]c(N)nc21)COC(=O)[C@@H](N)C(C)CC.Cl.Cl. The van der Waals surface area contributed by atoms with Crippen LogP contribution in [-0.2, 0) is 25.6 Å². The standard InChI is InChI=1S/C22H37N7O5.2ClH/c1-5-12(3)15(23)20(31)33-9-14(10-34-21(32)16(24)13(4)6-2)7-8-29-11-26-17-18(29)27-22(25)28-19(17)30;;/h11-16H,5-10,23-24H2,1-4H3,(H3,25,27,28,30);2*1H/t12?,13?,14?,15-,16-;;/m0../s1. The number of halogens is 2. The van der Waals surface area contributed by atoms with Gasteiger partial charge in [0.25, 0.3) is 5.56 Å². The quantitative estimate of drug-likeness (QED) is 0.264. The number of fused-ring (bicyclic) bond motifs is 1. The molecule has 2 aromatic rings. The van der Waals surface area contributed by atoms with Crippen LogP contribution in [-0.4, -0.2) is 56.8 Å². The van der Waals surface area contributed by atoms with Gasteiger partial charge >= 0.3 is 11.9 Å². The van der Waals surface area contributed by atoms with Gasteiger partial charge < -0.3 is 31.2 Å². The summed E-state index contributed by atoms with van der Waals surface area (Å²) in [4.78, 5) is 47.3. The van der Waals surface area contributed by atoms with Gasteiger partial charge in [-0.1, -0.05) is 40.5 Å². The minimum Gasteiger partial charge on any atom is -0.464 e. The maximum atomic E-state index is 12.4. The molecule has 4 atom stereocenters. The third-order valence-electron chi connectivity index (χ3n) is 6.25. The van der Waals surface area contributed by atoms with Crippen molar-refractivity contribution in [1.82, 2.24) is 19.5 Å². The van der Waals surface area contributed by atoms with Gasteiger partial charge in [-0.05, 0) is 18.3 Å². The summed E-state index contributed by atoms with van der Waals surface area (Å²) in [5, 5.41) is 0. The number of carbonyl (C=O) groups is 2. The van der Waals surface area contributed by atoms with E-state index in [1.54, 1.807) is 4.57 Å². The average molecular weight is 553 g/mol. The number of ether oxygens (including phenoxy) is 2. The van der Waals surface area contributed by atoms with Crippen molar-refractivity contribution in [2.45, 2.75) is 65.6 Å². The molecular weight excluding hydrogens is 513 g/mol. The van der Waals surface area contributed by atoms with Gasteiger partial charge in [0.2, 0.25) is 5.95 Å². The molecule has 0 fully saturated rings. The fourth-order valence-corrected chi connectivity index (χ4v) is 3.24. The monoisotopic (exact) mass is 551 g/mol. The first kappa shape index (κ1) is 33.6. The van der Waals surface area contributed by atoms with E-state index in [4.69, 9.17) is 26.7 Å². The van der Waals surface area contributed by atoms with E-state index in [1.165, 1.54) is 6.33 Å². The van der Waals surface area contributed by atoms with E-state index in [2.05, 4.69) is 15.0 Å². The van der Waals surface area contributed by atoms with E-state index >= 15 is 0 Å². The van der Waals surface area contributed by atoms with Gasteiger partial charge in [-0.3, -0.25) is 19.4 Å². The van der Waals surface area contributed by atoms with Crippen molar-refractivity contribution in [3.05, 3.63) is 16.7 Å². The van der Waals surface area contributed by atoms with Gasteiger partial charge in [0.05, 0.1) is 19.5 Å². The van der Waals surface area contributed by atoms with Gasteiger partial charge in [-0.25, -0.2) is 4.98 Å². The molecule has 7 N–H and O–H groups in total. The molecule has 36 heavy (non-hydrogen) atoms. The molecule has 0 spiro atoms. The molecule has 0 aliphatic heterocycles. The normalized spacial score (nSPS) is 15.1. The number of nitrogens with one attached hydrogen (secondary N) is 1. The number of nitrogens with two attached hydrogens (primary N) is 3. The van der Waals surface area contributed by atoms with Crippen LogP contribution in [0.5, 0.6) is 0 Å². The van der Waals surface area contributed by atoms with Crippen LogP contribution in [0.2, 0.25) is 0 Å². The molecule has 0 saturated heterocycles. The molecule has 206 valence electrons. The highest BCUT2D eigenvalue weighted by molar-refractivity contribution is 5.85. The van der Waals surface area contributed by atoms with Gasteiger partial charge in [-0.2, -0.15) is 4.98 Å². The number of imidazole rings is 1. The Bertz CT molecular complexity index is 1000. The lowest BCUT2D eigenvalue weighted by Gasteiger charge is -2.22. The van der Waals surface area contributed by atoms with Crippen molar-refractivity contribution < 1.29 is 19.1 Å². The van der Waals surface area contributed by atoms with E-state index in [-0.39, 0.29) is 67.2 Å². The molecule has 2 unspecified atom stereocenters. The summed E-state index contributed by atoms with van der Waals surface area (Å²) in [5.74, 6) is -1.41. The van der Waals surface area contributed by atoms with Crippen LogP contribution in [0.3, 0.4) is 0 Å². The number of esters is 2. The van der Waals surface area contributed by atoms with Gasteiger partial charge in [0.1, 0.15) is 12.1 Å². The second-order valence-electron chi connectivity index (χ2n) is 8.80. The highest BCUT2D eigenvalue weighted by Gasteiger charge is 2.25. The third kappa shape index (κ3) is 8.91. The van der Waals surface area contributed by atoms with Crippen molar-refractivity contribution >= 4 is 53.9 Å². The molecule has 14 heteroatoms. The van der Waals surface area contributed by atoms with Gasteiger partial charge in [0, 0.05) is 12.5 Å². The summed E-state index contributed by atoms with van der Waals surface area (Å²) in [6.07, 6.45) is 3.41. The van der Waals surface area contributed by atoms with E-state index < -0.39 is 29.6 Å². The van der Waals surface area contributed by atoms with Crippen LogP contribution in [0, 0.1) is 17.8 Å². The lowest BCUT2D eigenvalue weighted by Crippen LogP contribution is -2.40. The molecule has 0 aromatic carbocycles. The first-order valence-corrected chi connectivity index (χ1v) is 11.6. The molecule has 0 saturated carbocycles. The summed E-state index contributed by atoms with van der Waals surface area (Å²) in [7, 11) is 0. The first-order valence-electron chi connectivity index (χ1n) is 11.6. The Labute approximate surface area is 222 Å². The van der Waals surface area contributed by atoms with E-state index in [0.717, 1.165) is 12.8 Å². The fraction of sp³-hybridized carbons (Fsp3) is 0.682. The topological polar surface area (TPSA) is 194 Å². The van der Waals surface area contributed by atoms with Gasteiger partial charge in [-0.15, -0.1) is 24.8 Å². The molecule has 0 amide bonds. The Hall–Kier alpha value is -2.41. The number of aromatic amines is 1. The zero-order chi connectivity index (χ0) is 25.4. The molecule has 0 bridgehead atoms. The zero-order valence-electron chi connectivity index (χ0n) is 21.1. The molecule has 12 nitrogen and oxygen atoms in total. The summed E-state index contributed by atoms with van der Waals surface area (Å²) < 4.78 is 12.6. The maximum absolute atomic E-state index is 12.4. The molecule has 0 aliphatic carbocycles. The molecule has 2 rings (SSSR count). The Morgan fingerprint density at radius 1 is 1.03 bits per heavy atom. The number of aromatic nitrogens is 4. The maximum Gasteiger partial charge on any atom is 0.323 e. The minimum absolute atomic E-state index is 0. The van der Waals surface area contributed by atoms with Gasteiger partial charge in [0.15, 0.2) is 11.2 Å². The highest BCUT2D eigenvalue weighted by atomic mass is 35.5. The van der Waals surface area contributed by atoms with Crippen LogP contribution in [0.25, 0.3) is 11.2 Å².